The summed E-state index contributed by atoms with van der Waals surface area (Å²) in [5, 5.41) is 2.88. The molecule has 0 fully saturated rings. The van der Waals surface area contributed by atoms with Crippen molar-refractivity contribution in [3.63, 3.8) is 0 Å². The smallest absolute Gasteiger partial charge is 0.328 e. The van der Waals surface area contributed by atoms with Crippen LogP contribution in [-0.2, 0) is 4.74 Å². The molecule has 0 radical (unpaired) electrons. The molecule has 1 N–H and O–H groups in total. The van der Waals surface area contributed by atoms with Crippen LogP contribution in [0.15, 0.2) is 71.5 Å². The van der Waals surface area contributed by atoms with Gasteiger partial charge in [-0.1, -0.05) is 56.4 Å². The van der Waals surface area contributed by atoms with Crippen molar-refractivity contribution in [2.24, 2.45) is 5.92 Å². The lowest BCUT2D eigenvalue weighted by Crippen LogP contribution is -2.45. The fraction of sp³-hybridized carbons (Fsp3) is 0.409. The minimum absolute atomic E-state index is 0.178. The summed E-state index contributed by atoms with van der Waals surface area (Å²) in [6, 6.07) is -0.189. The normalized spacial score (nSPS) is 19.1. The number of nitrogens with zero attached hydrogens (tertiary/aromatic N) is 1. The van der Waals surface area contributed by atoms with Crippen LogP contribution < -0.4 is 5.32 Å². The highest BCUT2D eigenvalue weighted by Crippen LogP contribution is 2.31. The molecule has 0 aromatic rings. The minimum atomic E-state index is -0.189. The summed E-state index contributed by atoms with van der Waals surface area (Å²) >= 11 is 0. The predicted molar refractivity (Wildman–Crippen MR) is 107 cm³/mol. The Bertz CT molecular complexity index is 720. The number of amides is 2. The Morgan fingerprint density at radius 1 is 1.38 bits per heavy atom. The molecule has 0 spiro atoms. The summed E-state index contributed by atoms with van der Waals surface area (Å²) in [6.45, 7) is 16.4. The van der Waals surface area contributed by atoms with E-state index >= 15 is 0 Å². The van der Waals surface area contributed by atoms with Crippen molar-refractivity contribution in [3.8, 4) is 0 Å². The molecule has 1 heterocycles. The van der Waals surface area contributed by atoms with Crippen molar-refractivity contribution in [3.05, 3.63) is 71.5 Å². The standard InChI is InChI=1S/C22H30N2O2/c1-7-16(4)12-17(5)14-26-21-20(15(2)3)18(6)23-22(25)24(21)13-19-10-8-9-11-19/h7,10,12,14-15H,1,6,8-9,11,13H2,2-5H3,(H,23,25)/b16-12-,17-14?. The Morgan fingerprint density at radius 3 is 2.69 bits per heavy atom. The molecule has 26 heavy (non-hydrogen) atoms. The first-order valence-corrected chi connectivity index (χ1v) is 9.17. The van der Waals surface area contributed by atoms with Gasteiger partial charge in [-0.05, 0) is 44.6 Å². The Morgan fingerprint density at radius 2 is 2.12 bits per heavy atom. The molecule has 2 amide bonds. The summed E-state index contributed by atoms with van der Waals surface area (Å²) in [7, 11) is 0. The van der Waals surface area contributed by atoms with Gasteiger partial charge < -0.3 is 10.1 Å². The SMILES string of the molecule is C=C/C(C)=C\C(C)=COC1=C(C(C)C)C(=C)NC(=O)N1CC1=CCCC1. The van der Waals surface area contributed by atoms with E-state index in [4.69, 9.17) is 4.74 Å². The molecular weight excluding hydrogens is 324 g/mol. The van der Waals surface area contributed by atoms with Crippen LogP contribution in [0.2, 0.25) is 0 Å². The van der Waals surface area contributed by atoms with Crippen LogP contribution in [0.5, 0.6) is 0 Å². The van der Waals surface area contributed by atoms with Crippen molar-refractivity contribution in [1.82, 2.24) is 10.2 Å². The second-order valence-electron chi connectivity index (χ2n) is 7.20. The highest BCUT2D eigenvalue weighted by atomic mass is 16.5. The highest BCUT2D eigenvalue weighted by molar-refractivity contribution is 5.81. The summed E-state index contributed by atoms with van der Waals surface area (Å²) in [5.41, 5.74) is 4.82. The van der Waals surface area contributed by atoms with Gasteiger partial charge in [0.1, 0.15) is 0 Å². The third-order valence-corrected chi connectivity index (χ3v) is 4.51. The number of carbonyl (C=O) groups is 1. The van der Waals surface area contributed by atoms with Gasteiger partial charge in [0, 0.05) is 11.3 Å². The molecule has 0 saturated carbocycles. The summed E-state index contributed by atoms with van der Waals surface area (Å²) in [4.78, 5) is 14.3. The van der Waals surface area contributed by atoms with E-state index in [2.05, 4.69) is 38.4 Å². The van der Waals surface area contributed by atoms with Crippen LogP contribution in [0.1, 0.15) is 47.0 Å². The number of allylic oxidation sites excluding steroid dienone is 6. The van der Waals surface area contributed by atoms with Gasteiger partial charge in [-0.25, -0.2) is 4.79 Å². The van der Waals surface area contributed by atoms with Crippen molar-refractivity contribution in [2.45, 2.75) is 47.0 Å². The van der Waals surface area contributed by atoms with Gasteiger partial charge in [-0.2, -0.15) is 0 Å². The molecule has 0 unspecified atom stereocenters. The van der Waals surface area contributed by atoms with Crippen LogP contribution in [0, 0.1) is 5.92 Å². The molecule has 0 atom stereocenters. The van der Waals surface area contributed by atoms with E-state index in [-0.39, 0.29) is 11.9 Å². The quantitative estimate of drug-likeness (QED) is 0.370. The number of rotatable bonds is 7. The Balaban J connectivity index is 2.37. The molecule has 140 valence electrons. The lowest BCUT2D eigenvalue weighted by molar-refractivity contribution is 0.167. The van der Waals surface area contributed by atoms with Gasteiger partial charge in [0.2, 0.25) is 5.88 Å². The van der Waals surface area contributed by atoms with E-state index in [9.17, 15) is 4.79 Å². The van der Waals surface area contributed by atoms with Crippen LogP contribution in [-0.4, -0.2) is 17.5 Å². The zero-order chi connectivity index (χ0) is 19.3. The number of carbonyl (C=O) groups excluding carboxylic acids is 1. The molecule has 0 aromatic heterocycles. The average molecular weight is 354 g/mol. The third kappa shape index (κ3) is 4.78. The summed E-state index contributed by atoms with van der Waals surface area (Å²) in [5.74, 6) is 0.753. The first kappa shape index (κ1) is 19.8. The molecule has 4 nitrogen and oxygen atoms in total. The van der Waals surface area contributed by atoms with Crippen molar-refractivity contribution < 1.29 is 9.53 Å². The minimum Gasteiger partial charge on any atom is -0.448 e. The molecule has 2 rings (SSSR count). The maximum absolute atomic E-state index is 12.6. The highest BCUT2D eigenvalue weighted by Gasteiger charge is 2.32. The monoisotopic (exact) mass is 354 g/mol. The van der Waals surface area contributed by atoms with Crippen molar-refractivity contribution in [2.75, 3.05) is 6.54 Å². The van der Waals surface area contributed by atoms with E-state index in [0.717, 1.165) is 36.0 Å². The average Bonchev–Trinajstić information content (AvgIpc) is 3.08. The summed E-state index contributed by atoms with van der Waals surface area (Å²) in [6.07, 6.45) is 11.0. The molecule has 1 aliphatic carbocycles. The molecule has 0 bridgehead atoms. The molecule has 0 aromatic carbocycles. The molecule has 1 aliphatic heterocycles. The van der Waals surface area contributed by atoms with Crippen LogP contribution in [0.25, 0.3) is 0 Å². The van der Waals surface area contributed by atoms with Gasteiger partial charge in [-0.15, -0.1) is 0 Å². The lowest BCUT2D eigenvalue weighted by atomic mass is 9.99. The second-order valence-corrected chi connectivity index (χ2v) is 7.20. The van der Waals surface area contributed by atoms with Crippen molar-refractivity contribution >= 4 is 6.03 Å². The topological polar surface area (TPSA) is 41.6 Å². The maximum atomic E-state index is 12.6. The fourth-order valence-corrected chi connectivity index (χ4v) is 3.18. The van der Waals surface area contributed by atoms with E-state index in [1.165, 1.54) is 5.57 Å². The Labute approximate surface area is 157 Å². The van der Waals surface area contributed by atoms with E-state index < -0.39 is 0 Å². The van der Waals surface area contributed by atoms with Gasteiger partial charge in [0.05, 0.1) is 12.8 Å². The predicted octanol–water partition coefficient (Wildman–Crippen LogP) is 5.56. The van der Waals surface area contributed by atoms with E-state index in [0.29, 0.717) is 18.1 Å². The summed E-state index contributed by atoms with van der Waals surface area (Å²) < 4.78 is 6.04. The lowest BCUT2D eigenvalue weighted by Gasteiger charge is -2.34. The Hall–Kier alpha value is -2.49. The molecular formula is C22H30N2O2. The number of ether oxygens (including phenoxy) is 1. The fourth-order valence-electron chi connectivity index (χ4n) is 3.18. The van der Waals surface area contributed by atoms with Crippen LogP contribution in [0.3, 0.4) is 0 Å². The van der Waals surface area contributed by atoms with Crippen molar-refractivity contribution in [1.29, 1.82) is 0 Å². The van der Waals surface area contributed by atoms with Gasteiger partial charge in [-0.3, -0.25) is 4.90 Å². The van der Waals surface area contributed by atoms with Gasteiger partial charge >= 0.3 is 6.03 Å². The molecule has 2 aliphatic rings. The maximum Gasteiger partial charge on any atom is 0.328 e. The molecule has 0 saturated heterocycles. The van der Waals surface area contributed by atoms with E-state index in [1.807, 2.05) is 19.9 Å². The van der Waals surface area contributed by atoms with Gasteiger partial charge in [0.25, 0.3) is 0 Å². The second kappa shape index (κ2) is 8.75. The first-order valence-electron chi connectivity index (χ1n) is 9.17. The number of urea groups is 1. The number of nitrogens with one attached hydrogen (secondary N) is 1. The number of hydrogen-bond donors (Lipinski definition) is 1. The van der Waals surface area contributed by atoms with Crippen LogP contribution in [0.4, 0.5) is 4.79 Å². The number of hydrogen-bond acceptors (Lipinski definition) is 2. The zero-order valence-electron chi connectivity index (χ0n) is 16.4. The van der Waals surface area contributed by atoms with Gasteiger partial charge in [0.15, 0.2) is 0 Å². The third-order valence-electron chi connectivity index (χ3n) is 4.51. The first-order chi connectivity index (χ1) is 12.3. The zero-order valence-corrected chi connectivity index (χ0v) is 16.4. The largest absolute Gasteiger partial charge is 0.448 e. The van der Waals surface area contributed by atoms with Crippen LogP contribution >= 0.6 is 0 Å². The van der Waals surface area contributed by atoms with E-state index in [1.54, 1.807) is 17.2 Å². The molecule has 4 heteroatoms. The Kier molecular flexibility index (Phi) is 6.67.